The number of nitrogens with zero attached hydrogens (tertiary/aromatic N) is 1. The maximum Gasteiger partial charge on any atom is 0.242 e. The van der Waals surface area contributed by atoms with Crippen LogP contribution in [-0.4, -0.2) is 35.1 Å². The molecule has 144 valence electrons. The first-order valence-electron chi connectivity index (χ1n) is 8.95. The number of amides is 2. The van der Waals surface area contributed by atoms with Gasteiger partial charge in [-0.15, -0.1) is 11.8 Å². The van der Waals surface area contributed by atoms with Crippen molar-refractivity contribution in [2.24, 2.45) is 0 Å². The molecule has 0 unspecified atom stereocenters. The maximum absolute atomic E-state index is 12.9. The number of halogens is 1. The Hall–Kier alpha value is -1.98. The lowest BCUT2D eigenvalue weighted by Gasteiger charge is -2.28. The summed E-state index contributed by atoms with van der Waals surface area (Å²) in [6, 6.07) is 16.8. The Morgan fingerprint density at radius 1 is 1.11 bits per heavy atom. The quantitative estimate of drug-likeness (QED) is 0.683. The van der Waals surface area contributed by atoms with Crippen LogP contribution in [-0.2, 0) is 21.9 Å². The summed E-state index contributed by atoms with van der Waals surface area (Å²) in [6.07, 6.45) is 0. The van der Waals surface area contributed by atoms with Crippen molar-refractivity contribution >= 4 is 35.2 Å². The number of rotatable bonds is 9. The van der Waals surface area contributed by atoms with E-state index >= 15 is 0 Å². The summed E-state index contributed by atoms with van der Waals surface area (Å²) in [4.78, 5) is 26.8. The zero-order valence-electron chi connectivity index (χ0n) is 15.7. The van der Waals surface area contributed by atoms with Gasteiger partial charge in [0.15, 0.2) is 0 Å². The zero-order valence-corrected chi connectivity index (χ0v) is 17.2. The summed E-state index contributed by atoms with van der Waals surface area (Å²) in [5, 5.41) is 3.50. The molecule has 2 aromatic carbocycles. The molecule has 0 aliphatic rings. The van der Waals surface area contributed by atoms with E-state index in [4.69, 9.17) is 11.6 Å². The highest BCUT2D eigenvalue weighted by atomic mass is 35.5. The molecule has 4 nitrogen and oxygen atoms in total. The molecule has 0 saturated carbocycles. The molecule has 2 rings (SSSR count). The average Bonchev–Trinajstić information content (AvgIpc) is 2.68. The predicted molar refractivity (Wildman–Crippen MR) is 113 cm³/mol. The summed E-state index contributed by atoms with van der Waals surface area (Å²) < 4.78 is 0. The van der Waals surface area contributed by atoms with Crippen LogP contribution >= 0.6 is 23.4 Å². The summed E-state index contributed by atoms with van der Waals surface area (Å²) in [5.41, 5.74) is 2.00. The number of nitrogens with one attached hydrogen (secondary N) is 1. The number of carbonyl (C=O) groups excluding carboxylic acids is 2. The molecule has 0 bridgehead atoms. The van der Waals surface area contributed by atoms with Gasteiger partial charge in [0, 0.05) is 23.9 Å². The highest BCUT2D eigenvalue weighted by Crippen LogP contribution is 2.21. The van der Waals surface area contributed by atoms with Crippen molar-refractivity contribution in [2.45, 2.75) is 32.2 Å². The molecule has 0 aromatic heterocycles. The number of hydrogen-bond donors (Lipinski definition) is 1. The van der Waals surface area contributed by atoms with Crippen molar-refractivity contribution in [2.75, 3.05) is 12.3 Å². The monoisotopic (exact) mass is 404 g/mol. The summed E-state index contributed by atoms with van der Waals surface area (Å²) >= 11 is 7.68. The van der Waals surface area contributed by atoms with E-state index in [9.17, 15) is 9.59 Å². The SMILES string of the molecule is CCNC(=O)[C@@H](C)N(Cc1ccccc1)C(=O)CSCc1ccccc1Cl. The second-order valence-electron chi connectivity index (χ2n) is 6.16. The Kier molecular flexibility index (Phi) is 8.69. The molecule has 2 amide bonds. The van der Waals surface area contributed by atoms with Crippen molar-refractivity contribution in [3.05, 3.63) is 70.7 Å². The van der Waals surface area contributed by atoms with Crippen molar-refractivity contribution < 1.29 is 9.59 Å². The molecule has 0 radical (unpaired) electrons. The molecule has 0 saturated heterocycles. The molecular formula is C21H25ClN2O2S. The van der Waals surface area contributed by atoms with Crippen molar-refractivity contribution in [1.29, 1.82) is 0 Å². The standard InChI is InChI=1S/C21H25ClN2O2S/c1-3-23-21(26)16(2)24(13-17-9-5-4-6-10-17)20(25)15-27-14-18-11-7-8-12-19(18)22/h4-12,16H,3,13-15H2,1-2H3,(H,23,26)/t16-/m1/s1. The van der Waals surface area contributed by atoms with Crippen LogP contribution in [0.25, 0.3) is 0 Å². The summed E-state index contributed by atoms with van der Waals surface area (Å²) in [5.74, 6) is 0.745. The molecule has 0 spiro atoms. The highest BCUT2D eigenvalue weighted by molar-refractivity contribution is 7.99. The number of carbonyl (C=O) groups is 2. The van der Waals surface area contributed by atoms with Gasteiger partial charge < -0.3 is 10.2 Å². The van der Waals surface area contributed by atoms with E-state index < -0.39 is 6.04 Å². The Bertz CT molecular complexity index is 755. The maximum atomic E-state index is 12.9. The molecule has 1 N–H and O–H groups in total. The van der Waals surface area contributed by atoms with Gasteiger partial charge in [-0.25, -0.2) is 0 Å². The topological polar surface area (TPSA) is 49.4 Å². The molecule has 2 aromatic rings. The fraction of sp³-hybridized carbons (Fsp3) is 0.333. The molecular weight excluding hydrogens is 380 g/mol. The lowest BCUT2D eigenvalue weighted by atomic mass is 10.1. The first kappa shape index (κ1) is 21.3. The number of likely N-dealkylation sites (N-methyl/N-ethyl adjacent to an activating group) is 1. The van der Waals surface area contributed by atoms with Crippen LogP contribution < -0.4 is 5.32 Å². The molecule has 27 heavy (non-hydrogen) atoms. The molecule has 0 aliphatic heterocycles. The van der Waals surface area contributed by atoms with Gasteiger partial charge in [0.25, 0.3) is 0 Å². The van der Waals surface area contributed by atoms with Crippen molar-refractivity contribution in [3.63, 3.8) is 0 Å². The van der Waals surface area contributed by atoms with E-state index in [1.807, 2.05) is 61.5 Å². The molecule has 6 heteroatoms. The molecule has 1 atom stereocenters. The van der Waals surface area contributed by atoms with Gasteiger partial charge in [0.2, 0.25) is 11.8 Å². The number of hydrogen-bond acceptors (Lipinski definition) is 3. The van der Waals surface area contributed by atoms with Gasteiger partial charge in [-0.05, 0) is 31.0 Å². The fourth-order valence-corrected chi connectivity index (χ4v) is 3.83. The summed E-state index contributed by atoms with van der Waals surface area (Å²) in [6.45, 7) is 4.58. The zero-order chi connectivity index (χ0) is 19.6. The van der Waals surface area contributed by atoms with Crippen LogP contribution in [0.1, 0.15) is 25.0 Å². The Balaban J connectivity index is 2.03. The van der Waals surface area contributed by atoms with Crippen molar-refractivity contribution in [3.8, 4) is 0 Å². The molecule has 0 fully saturated rings. The minimum absolute atomic E-state index is 0.0605. The van der Waals surface area contributed by atoms with Crippen LogP contribution in [0.4, 0.5) is 0 Å². The van der Waals surface area contributed by atoms with Gasteiger partial charge in [-0.1, -0.05) is 60.1 Å². The second-order valence-corrected chi connectivity index (χ2v) is 7.55. The van der Waals surface area contributed by atoms with E-state index in [-0.39, 0.29) is 11.8 Å². The number of benzene rings is 2. The van der Waals surface area contributed by atoms with Gasteiger partial charge in [-0.3, -0.25) is 9.59 Å². The predicted octanol–water partition coefficient (Wildman–Crippen LogP) is 4.13. The number of thioether (sulfide) groups is 1. The average molecular weight is 405 g/mol. The van der Waals surface area contributed by atoms with Crippen molar-refractivity contribution in [1.82, 2.24) is 10.2 Å². The van der Waals surface area contributed by atoms with Gasteiger partial charge >= 0.3 is 0 Å². The third kappa shape index (κ3) is 6.60. The van der Waals surface area contributed by atoms with Crippen LogP contribution in [0, 0.1) is 0 Å². The van der Waals surface area contributed by atoms with Crippen LogP contribution in [0.2, 0.25) is 5.02 Å². The third-order valence-electron chi connectivity index (χ3n) is 4.15. The van der Waals surface area contributed by atoms with E-state index in [1.165, 1.54) is 11.8 Å². The Morgan fingerprint density at radius 3 is 2.44 bits per heavy atom. The van der Waals surface area contributed by atoms with Crippen LogP contribution in [0.15, 0.2) is 54.6 Å². The van der Waals surface area contributed by atoms with Gasteiger partial charge in [0.1, 0.15) is 6.04 Å². The minimum Gasteiger partial charge on any atom is -0.355 e. The first-order valence-corrected chi connectivity index (χ1v) is 10.5. The smallest absolute Gasteiger partial charge is 0.242 e. The van der Waals surface area contributed by atoms with Crippen LogP contribution in [0.5, 0.6) is 0 Å². The lowest BCUT2D eigenvalue weighted by Crippen LogP contribution is -2.48. The lowest BCUT2D eigenvalue weighted by molar-refractivity contribution is -0.138. The molecule has 0 heterocycles. The third-order valence-corrected chi connectivity index (χ3v) is 5.49. The van der Waals surface area contributed by atoms with E-state index in [0.717, 1.165) is 11.1 Å². The first-order chi connectivity index (χ1) is 13.0. The minimum atomic E-state index is -0.529. The normalized spacial score (nSPS) is 11.7. The van der Waals surface area contributed by atoms with Gasteiger partial charge in [-0.2, -0.15) is 0 Å². The Morgan fingerprint density at radius 2 is 1.78 bits per heavy atom. The Labute approximate surface area is 170 Å². The second kappa shape index (κ2) is 11.0. The van der Waals surface area contributed by atoms with Gasteiger partial charge in [0.05, 0.1) is 5.75 Å². The highest BCUT2D eigenvalue weighted by Gasteiger charge is 2.25. The van der Waals surface area contributed by atoms with E-state index in [0.29, 0.717) is 29.6 Å². The largest absolute Gasteiger partial charge is 0.355 e. The van der Waals surface area contributed by atoms with E-state index in [2.05, 4.69) is 5.32 Å². The molecule has 0 aliphatic carbocycles. The fourth-order valence-electron chi connectivity index (χ4n) is 2.63. The summed E-state index contributed by atoms with van der Waals surface area (Å²) in [7, 11) is 0. The van der Waals surface area contributed by atoms with Crippen LogP contribution in [0.3, 0.4) is 0 Å². The van der Waals surface area contributed by atoms with E-state index in [1.54, 1.807) is 11.8 Å².